The van der Waals surface area contributed by atoms with Gasteiger partial charge >= 0.3 is 0 Å². The van der Waals surface area contributed by atoms with Gasteiger partial charge in [0.05, 0.1) is 16.8 Å². The number of thioether (sulfide) groups is 1. The summed E-state index contributed by atoms with van der Waals surface area (Å²) in [7, 11) is 0. The Kier molecular flexibility index (Phi) is 5.05. The van der Waals surface area contributed by atoms with E-state index in [4.69, 9.17) is 4.98 Å². The highest BCUT2D eigenvalue weighted by molar-refractivity contribution is 7.99. The summed E-state index contributed by atoms with van der Waals surface area (Å²) in [4.78, 5) is 33.3. The number of benzene rings is 2. The molecule has 0 atom stereocenters. The Balaban J connectivity index is 1.63. The summed E-state index contributed by atoms with van der Waals surface area (Å²) in [6.45, 7) is 1.99. The minimum atomic E-state index is -0.0247. The van der Waals surface area contributed by atoms with Crippen LogP contribution < -0.4 is 5.56 Å². The van der Waals surface area contributed by atoms with Gasteiger partial charge in [-0.2, -0.15) is 0 Å². The van der Waals surface area contributed by atoms with Crippen LogP contribution in [0.1, 0.15) is 32.8 Å². The minimum Gasteiger partial charge on any atom is -0.293 e. The van der Waals surface area contributed by atoms with Gasteiger partial charge in [-0.15, -0.1) is 11.3 Å². The fourth-order valence-electron chi connectivity index (χ4n) is 3.99. The van der Waals surface area contributed by atoms with E-state index in [1.807, 2.05) is 61.5 Å². The molecule has 2 heterocycles. The summed E-state index contributed by atoms with van der Waals surface area (Å²) in [5, 5.41) is 1.33. The fraction of sp³-hybridized carbons (Fsp3) is 0.208. The highest BCUT2D eigenvalue weighted by atomic mass is 32.2. The number of carbonyl (C=O) groups excluding carboxylic acids is 1. The van der Waals surface area contributed by atoms with Crippen LogP contribution in [0.3, 0.4) is 0 Å². The third-order valence-electron chi connectivity index (χ3n) is 5.49. The SMILES string of the molecule is Cc1ccccc1-n1c(SCC(=O)c2ccccc2)nc2sc3c(c2c1=O)CCC3. The quantitative estimate of drug-likeness (QED) is 0.246. The third-order valence-corrected chi connectivity index (χ3v) is 7.62. The van der Waals surface area contributed by atoms with E-state index in [2.05, 4.69) is 0 Å². The molecule has 0 saturated heterocycles. The maximum Gasteiger partial charge on any atom is 0.267 e. The number of aromatic nitrogens is 2. The standard InChI is InChI=1S/C24H20N2O2S2/c1-15-8-5-6-12-18(15)26-23(28)21-17-11-7-13-20(17)30-22(21)25-24(26)29-14-19(27)16-9-3-2-4-10-16/h2-6,8-10,12H,7,11,13-14H2,1H3. The van der Waals surface area contributed by atoms with Crippen molar-refractivity contribution in [3.8, 4) is 5.69 Å². The highest BCUT2D eigenvalue weighted by Crippen LogP contribution is 2.36. The first-order valence-electron chi connectivity index (χ1n) is 9.98. The van der Waals surface area contributed by atoms with Crippen LogP contribution in [-0.2, 0) is 12.8 Å². The zero-order valence-electron chi connectivity index (χ0n) is 16.6. The van der Waals surface area contributed by atoms with Crippen LogP contribution in [-0.4, -0.2) is 21.1 Å². The van der Waals surface area contributed by atoms with Gasteiger partial charge in [-0.25, -0.2) is 4.98 Å². The fourth-order valence-corrected chi connectivity index (χ4v) is 6.19. The first-order valence-corrected chi connectivity index (χ1v) is 11.8. The molecule has 4 nitrogen and oxygen atoms in total. The number of nitrogens with zero attached hydrogens (tertiary/aromatic N) is 2. The van der Waals surface area contributed by atoms with E-state index in [-0.39, 0.29) is 17.1 Å². The number of thiophene rings is 1. The molecule has 0 unspecified atom stereocenters. The van der Waals surface area contributed by atoms with Crippen LogP contribution in [0.25, 0.3) is 15.9 Å². The second-order valence-electron chi connectivity index (χ2n) is 7.44. The van der Waals surface area contributed by atoms with Gasteiger partial charge in [0.25, 0.3) is 5.56 Å². The second kappa shape index (κ2) is 7.85. The smallest absolute Gasteiger partial charge is 0.267 e. The lowest BCUT2D eigenvalue weighted by Gasteiger charge is -2.14. The molecular formula is C24H20N2O2S2. The summed E-state index contributed by atoms with van der Waals surface area (Å²) < 4.78 is 1.70. The monoisotopic (exact) mass is 432 g/mol. The Morgan fingerprint density at radius 3 is 2.67 bits per heavy atom. The van der Waals surface area contributed by atoms with E-state index in [0.717, 1.165) is 40.7 Å². The van der Waals surface area contributed by atoms with Crippen molar-refractivity contribution in [3.63, 3.8) is 0 Å². The Labute approximate surface area is 182 Å². The zero-order valence-corrected chi connectivity index (χ0v) is 18.2. The van der Waals surface area contributed by atoms with Crippen LogP contribution >= 0.6 is 23.1 Å². The molecule has 2 aromatic carbocycles. The first-order chi connectivity index (χ1) is 14.6. The summed E-state index contributed by atoms with van der Waals surface area (Å²) in [6.07, 6.45) is 3.07. The van der Waals surface area contributed by atoms with Gasteiger partial charge in [0.1, 0.15) is 4.83 Å². The molecule has 0 bridgehead atoms. The molecular weight excluding hydrogens is 412 g/mol. The third kappa shape index (κ3) is 3.30. The lowest BCUT2D eigenvalue weighted by Crippen LogP contribution is -2.23. The molecule has 2 aromatic heterocycles. The molecule has 150 valence electrons. The summed E-state index contributed by atoms with van der Waals surface area (Å²) in [6, 6.07) is 17.1. The van der Waals surface area contributed by atoms with E-state index in [0.29, 0.717) is 10.7 Å². The molecule has 0 spiro atoms. The normalized spacial score (nSPS) is 13.0. The van der Waals surface area contributed by atoms with Crippen molar-refractivity contribution in [1.82, 2.24) is 9.55 Å². The molecule has 0 N–H and O–H groups in total. The van der Waals surface area contributed by atoms with Gasteiger partial charge in [-0.05, 0) is 43.4 Å². The topological polar surface area (TPSA) is 52.0 Å². The van der Waals surface area contributed by atoms with Crippen LogP contribution in [0.15, 0.2) is 64.5 Å². The van der Waals surface area contributed by atoms with Crippen LogP contribution in [0.2, 0.25) is 0 Å². The van der Waals surface area contributed by atoms with Gasteiger partial charge in [0.2, 0.25) is 0 Å². The summed E-state index contributed by atoms with van der Waals surface area (Å²) >= 11 is 2.96. The molecule has 5 rings (SSSR count). The number of hydrogen-bond acceptors (Lipinski definition) is 5. The summed E-state index contributed by atoms with van der Waals surface area (Å²) in [5.74, 6) is 0.263. The Morgan fingerprint density at radius 1 is 1.10 bits per heavy atom. The molecule has 30 heavy (non-hydrogen) atoms. The van der Waals surface area contributed by atoms with Gasteiger partial charge < -0.3 is 0 Å². The number of Topliss-reactive ketones (excluding diaryl/α,β-unsaturated/α-hetero) is 1. The maximum atomic E-state index is 13.7. The van der Waals surface area contributed by atoms with Crippen molar-refractivity contribution in [2.75, 3.05) is 5.75 Å². The Morgan fingerprint density at radius 2 is 1.87 bits per heavy atom. The number of ketones is 1. The van der Waals surface area contributed by atoms with E-state index >= 15 is 0 Å². The van der Waals surface area contributed by atoms with Crippen molar-refractivity contribution in [2.45, 2.75) is 31.3 Å². The van der Waals surface area contributed by atoms with Gasteiger partial charge in [-0.1, -0.05) is 60.3 Å². The zero-order chi connectivity index (χ0) is 20.7. The molecule has 1 aliphatic rings. The predicted octanol–water partition coefficient (Wildman–Crippen LogP) is 5.22. The van der Waals surface area contributed by atoms with Crippen LogP contribution in [0, 0.1) is 6.92 Å². The number of hydrogen-bond donors (Lipinski definition) is 0. The Bertz CT molecular complexity index is 1320. The second-order valence-corrected chi connectivity index (χ2v) is 9.46. The number of aryl methyl sites for hydroxylation is 3. The van der Waals surface area contributed by atoms with Crippen molar-refractivity contribution >= 4 is 39.1 Å². The molecule has 1 aliphatic carbocycles. The molecule has 0 fully saturated rings. The van der Waals surface area contributed by atoms with Crippen molar-refractivity contribution in [1.29, 1.82) is 0 Å². The molecule has 4 aromatic rings. The molecule has 0 radical (unpaired) electrons. The van der Waals surface area contributed by atoms with E-state index in [9.17, 15) is 9.59 Å². The lowest BCUT2D eigenvalue weighted by molar-refractivity contribution is 0.102. The molecule has 0 aliphatic heterocycles. The van der Waals surface area contributed by atoms with Crippen molar-refractivity contribution in [3.05, 3.63) is 86.5 Å². The van der Waals surface area contributed by atoms with E-state index < -0.39 is 0 Å². The first kappa shape index (κ1) is 19.3. The lowest BCUT2D eigenvalue weighted by atomic mass is 10.2. The van der Waals surface area contributed by atoms with Gasteiger partial charge in [0.15, 0.2) is 10.9 Å². The van der Waals surface area contributed by atoms with E-state index in [1.165, 1.54) is 22.2 Å². The van der Waals surface area contributed by atoms with Crippen molar-refractivity contribution < 1.29 is 4.79 Å². The van der Waals surface area contributed by atoms with Gasteiger partial charge in [0, 0.05) is 10.4 Å². The average Bonchev–Trinajstić information content (AvgIpc) is 3.34. The Hall–Kier alpha value is -2.70. The largest absolute Gasteiger partial charge is 0.293 e. The number of rotatable bonds is 5. The molecule has 0 amide bonds. The van der Waals surface area contributed by atoms with E-state index in [1.54, 1.807) is 15.9 Å². The molecule has 0 saturated carbocycles. The number of fused-ring (bicyclic) bond motifs is 3. The maximum absolute atomic E-state index is 13.7. The highest BCUT2D eigenvalue weighted by Gasteiger charge is 2.24. The molecule has 6 heteroatoms. The van der Waals surface area contributed by atoms with Crippen LogP contribution in [0.4, 0.5) is 0 Å². The van der Waals surface area contributed by atoms with Crippen molar-refractivity contribution in [2.24, 2.45) is 0 Å². The van der Waals surface area contributed by atoms with Gasteiger partial charge in [-0.3, -0.25) is 14.2 Å². The summed E-state index contributed by atoms with van der Waals surface area (Å²) in [5.41, 5.74) is 3.65. The number of para-hydroxylation sites is 1. The predicted molar refractivity (Wildman–Crippen MR) is 123 cm³/mol. The minimum absolute atomic E-state index is 0.0247. The van der Waals surface area contributed by atoms with Crippen LogP contribution in [0.5, 0.6) is 0 Å². The number of carbonyl (C=O) groups is 1. The average molecular weight is 433 g/mol.